The number of halogens is 3. The van der Waals surface area contributed by atoms with Crippen molar-refractivity contribution in [1.29, 1.82) is 0 Å². The highest BCUT2D eigenvalue weighted by Crippen LogP contribution is 2.32. The molecule has 3 aromatic heterocycles. The van der Waals surface area contributed by atoms with Crippen LogP contribution in [0.4, 0.5) is 72.6 Å². The van der Waals surface area contributed by atoms with Crippen molar-refractivity contribution in [3.63, 3.8) is 0 Å². The van der Waals surface area contributed by atoms with Gasteiger partial charge in [-0.3, -0.25) is 20.2 Å². The molecular weight excluding hydrogens is 1490 g/mol. The number of nitrogens with zero attached hydrogens (tertiary/aromatic N) is 8. The van der Waals surface area contributed by atoms with Gasteiger partial charge in [-0.05, 0) is 237 Å². The average Bonchev–Trinajstić information content (AvgIpc) is 0.834. The topological polar surface area (TPSA) is 320 Å². The summed E-state index contributed by atoms with van der Waals surface area (Å²) in [5.41, 5.74) is 19.1. The molecule has 0 spiro atoms. The Morgan fingerprint density at radius 2 is 0.716 bits per heavy atom. The van der Waals surface area contributed by atoms with Gasteiger partial charge in [0, 0.05) is 132 Å². The summed E-state index contributed by atoms with van der Waals surface area (Å²) in [7, 11) is 0. The minimum Gasteiger partial charge on any atom is -0.478 e. The number of rotatable bonds is 15. The number of anilines is 7. The van der Waals surface area contributed by atoms with Crippen LogP contribution in [0.25, 0.3) is 33.4 Å². The number of pyridine rings is 3. The first kappa shape index (κ1) is 87.4. The number of benzene rings is 6. The second kappa shape index (κ2) is 39.0. The molecule has 116 heavy (non-hydrogen) atoms. The highest BCUT2D eigenvalue weighted by Gasteiger charge is 2.30. The molecule has 28 heteroatoms. The number of carboxylic acid groups (broad SMARTS) is 1. The molecule has 9 aromatic rings. The van der Waals surface area contributed by atoms with Gasteiger partial charge in [0.15, 0.2) is 11.6 Å². The maximum Gasteiger partial charge on any atom is 0.412 e. The third-order valence-corrected chi connectivity index (χ3v) is 17.9. The molecule has 8 N–H and O–H groups in total. The quantitative estimate of drug-likeness (QED) is 0.0315. The largest absolute Gasteiger partial charge is 0.478 e. The Labute approximate surface area is 674 Å². The fraction of sp³-hybridized carbons (Fsp3) is 0.341. The van der Waals surface area contributed by atoms with Crippen molar-refractivity contribution in [2.75, 3.05) is 115 Å². The van der Waals surface area contributed by atoms with Crippen LogP contribution in [-0.4, -0.2) is 173 Å². The molecule has 4 amide bonds. The van der Waals surface area contributed by atoms with Crippen LogP contribution in [0.3, 0.4) is 0 Å². The van der Waals surface area contributed by atoms with E-state index >= 15 is 0 Å². The van der Waals surface area contributed by atoms with Crippen molar-refractivity contribution in [2.24, 2.45) is 0 Å². The van der Waals surface area contributed by atoms with Crippen LogP contribution in [-0.2, 0) is 31.8 Å². The van der Waals surface area contributed by atoms with Gasteiger partial charge < -0.3 is 65.3 Å². The van der Waals surface area contributed by atoms with E-state index in [2.05, 4.69) is 40.7 Å². The molecule has 6 heterocycles. The lowest BCUT2D eigenvalue weighted by molar-refractivity contribution is 0.0230. The predicted molar refractivity (Wildman–Crippen MR) is 445 cm³/mol. The van der Waals surface area contributed by atoms with E-state index in [0.717, 1.165) is 70.9 Å². The summed E-state index contributed by atoms with van der Waals surface area (Å²) in [5, 5.41) is 17.5. The van der Waals surface area contributed by atoms with Crippen molar-refractivity contribution in [2.45, 2.75) is 118 Å². The molecule has 3 saturated heterocycles. The van der Waals surface area contributed by atoms with E-state index in [9.17, 15) is 46.7 Å². The molecule has 0 aliphatic carbocycles. The number of ether oxygens (including phenoxy) is 4. The smallest absolute Gasteiger partial charge is 0.412 e. The van der Waals surface area contributed by atoms with Crippen LogP contribution in [0.15, 0.2) is 182 Å². The van der Waals surface area contributed by atoms with Gasteiger partial charge in [0.25, 0.3) is 0 Å². The van der Waals surface area contributed by atoms with Crippen molar-refractivity contribution in [1.82, 2.24) is 30.1 Å². The Hall–Kier alpha value is -12.6. The van der Waals surface area contributed by atoms with Crippen LogP contribution in [0, 0.1) is 17.5 Å². The van der Waals surface area contributed by atoms with E-state index in [-0.39, 0.29) is 59.6 Å². The van der Waals surface area contributed by atoms with Gasteiger partial charge >= 0.3 is 30.3 Å². The van der Waals surface area contributed by atoms with Crippen LogP contribution in [0.5, 0.6) is 0 Å². The number of Topliss-reactive ketones (excluding diaryl/α,β-unsaturated/α-hetero) is 2. The number of carbonyl (C=O) groups excluding carboxylic acids is 6. The second-order valence-electron chi connectivity index (χ2n) is 31.7. The molecular formula is C88H102F3N13O12. The SMILES string of the molecule is CC(C)(C)OC(=O)N1CCN(c2ccc(C(=O)O)cn2)CC1.CC(C)(C)OC(=O)Nc1ccc(-c2ccc(F)cc2)cc1CC(=O)c1ccc(N2CCN(C(=O)OC(C)(C)C)CC2)nc1.CC(C)(C)OC(=O)Nc1ccc(-c2ccc(F)cc2)cc1N.Nc1ccc(-c2ccc(F)cc2)cc1CC(=O)c1ccc(N2CCNCC2)nc1. The zero-order chi connectivity index (χ0) is 84.2. The van der Waals surface area contributed by atoms with E-state index in [0.29, 0.717) is 103 Å². The Balaban J connectivity index is 0.000000184. The van der Waals surface area contributed by atoms with E-state index in [4.69, 9.17) is 35.5 Å². The lowest BCUT2D eigenvalue weighted by atomic mass is 9.97. The summed E-state index contributed by atoms with van der Waals surface area (Å²) in [6.07, 6.45) is 2.89. The third-order valence-electron chi connectivity index (χ3n) is 17.9. The van der Waals surface area contributed by atoms with E-state index < -0.39 is 40.6 Å². The fourth-order valence-corrected chi connectivity index (χ4v) is 12.1. The lowest BCUT2D eigenvalue weighted by Gasteiger charge is -2.36. The fourth-order valence-electron chi connectivity index (χ4n) is 12.1. The van der Waals surface area contributed by atoms with Crippen molar-refractivity contribution >= 4 is 82.1 Å². The summed E-state index contributed by atoms with van der Waals surface area (Å²) in [6.45, 7) is 30.0. The van der Waals surface area contributed by atoms with E-state index in [1.54, 1.807) is 155 Å². The minimum atomic E-state index is -0.992. The Morgan fingerprint density at radius 3 is 1.08 bits per heavy atom. The number of carbonyl (C=O) groups is 7. The van der Waals surface area contributed by atoms with Gasteiger partial charge in [0.05, 0.1) is 16.9 Å². The number of aromatic carboxylic acids is 1. The number of nitrogens with two attached hydrogens (primary N) is 2. The Bertz CT molecular complexity index is 4860. The zero-order valence-corrected chi connectivity index (χ0v) is 67.5. The number of nitrogen functional groups attached to an aromatic ring is 2. The van der Waals surface area contributed by atoms with E-state index in [1.807, 2.05) is 76.8 Å². The Kier molecular flexibility index (Phi) is 29.3. The van der Waals surface area contributed by atoms with Gasteiger partial charge in [0.2, 0.25) is 0 Å². The number of nitrogens with one attached hydrogen (secondary N) is 3. The van der Waals surface area contributed by atoms with Gasteiger partial charge in [-0.2, -0.15) is 0 Å². The number of hydrogen-bond donors (Lipinski definition) is 6. The van der Waals surface area contributed by atoms with Crippen LogP contribution < -0.4 is 42.1 Å². The lowest BCUT2D eigenvalue weighted by Crippen LogP contribution is -2.50. The molecule has 12 rings (SSSR count). The van der Waals surface area contributed by atoms with Gasteiger partial charge in [0.1, 0.15) is 57.3 Å². The molecule has 3 aliphatic rings. The molecule has 0 unspecified atom stereocenters. The first-order valence-corrected chi connectivity index (χ1v) is 38.1. The second-order valence-corrected chi connectivity index (χ2v) is 31.7. The van der Waals surface area contributed by atoms with Crippen LogP contribution in [0.1, 0.15) is 125 Å². The number of amides is 4. The molecule has 6 aromatic carbocycles. The minimum absolute atomic E-state index is 0.00421. The number of ketones is 2. The molecule has 612 valence electrons. The summed E-state index contributed by atoms with van der Waals surface area (Å²) >= 11 is 0. The third kappa shape index (κ3) is 27.1. The molecule has 0 saturated carbocycles. The summed E-state index contributed by atoms with van der Waals surface area (Å²) < 4.78 is 61.0. The first-order chi connectivity index (χ1) is 54.8. The summed E-state index contributed by atoms with van der Waals surface area (Å²) in [6, 6.07) is 45.0. The summed E-state index contributed by atoms with van der Waals surface area (Å²) in [5.74, 6) is 0.193. The highest BCUT2D eigenvalue weighted by atomic mass is 19.1. The molecule has 3 aliphatic heterocycles. The number of piperazine rings is 3. The normalized spacial score (nSPS) is 13.7. The maximum atomic E-state index is 13.5. The first-order valence-electron chi connectivity index (χ1n) is 38.1. The van der Waals surface area contributed by atoms with Crippen LogP contribution >= 0.6 is 0 Å². The van der Waals surface area contributed by atoms with Crippen LogP contribution in [0.2, 0.25) is 0 Å². The maximum absolute atomic E-state index is 13.5. The zero-order valence-electron chi connectivity index (χ0n) is 67.5. The molecule has 3 fully saturated rings. The highest BCUT2D eigenvalue weighted by molar-refractivity contribution is 6.00. The monoisotopic (exact) mass is 1590 g/mol. The molecule has 25 nitrogen and oxygen atoms in total. The Morgan fingerprint density at radius 1 is 0.388 bits per heavy atom. The van der Waals surface area contributed by atoms with Gasteiger partial charge in [-0.15, -0.1) is 0 Å². The molecule has 0 atom stereocenters. The van der Waals surface area contributed by atoms with Gasteiger partial charge in [-0.25, -0.2) is 52.1 Å². The summed E-state index contributed by atoms with van der Waals surface area (Å²) in [4.78, 5) is 108. The number of hydrogen-bond acceptors (Lipinski definition) is 20. The van der Waals surface area contributed by atoms with E-state index in [1.165, 1.54) is 48.7 Å². The van der Waals surface area contributed by atoms with Crippen molar-refractivity contribution < 1.29 is 70.8 Å². The molecule has 0 radical (unpaired) electrons. The van der Waals surface area contributed by atoms with Crippen molar-refractivity contribution in [3.05, 3.63) is 228 Å². The average molecular weight is 1590 g/mol. The predicted octanol–water partition coefficient (Wildman–Crippen LogP) is 16.3. The van der Waals surface area contributed by atoms with Gasteiger partial charge in [-0.1, -0.05) is 54.6 Å². The number of carboxylic acids is 1. The molecule has 0 bridgehead atoms. The number of aromatic nitrogens is 3. The standard InChI is InChI=1S/C33H39FN4O5.C23H23FN4O.C17H19FN2O2.C15H21N3O4/c1-32(2,3)42-30(40)36-27-13-9-23(22-7-11-26(34)12-8-22)19-25(27)20-28(39)24-10-14-29(35-21-24)37-15-17-38(18-16-37)31(41)43-33(4,5)6;24-20-5-1-16(2-6-20)17-3-7-21(25)19(13-17)14-22(29)18-4-8-23(27-15-18)28-11-9-26-10-12-28;1-17(2,3)22-16(21)20-15-9-6-12(10-14(15)19)11-4-7-13(18)8-5-11;1-15(2,3)22-14(21)18-8-6-17(7-9-18)12-5-4-11(10-16-12)13(19)20/h7-14,19,21H,15-18,20H2,1-6H3,(H,36,40);1-8,13,15,26H,9-12,14,25H2;4-10H,19H2,1-3H3,(H,20,21);4-5,10H,6-9H2,1-3H3,(H,19,20). The van der Waals surface area contributed by atoms with Crippen molar-refractivity contribution in [3.8, 4) is 33.4 Å².